The Morgan fingerprint density at radius 2 is 2.17 bits per heavy atom. The minimum atomic E-state index is -0.745. The van der Waals surface area contributed by atoms with E-state index in [2.05, 4.69) is 18.8 Å². The average Bonchev–Trinajstić information content (AvgIpc) is 2.67. The number of hydrogen-bond donors (Lipinski definition) is 2. The molecule has 2 aromatic rings. The van der Waals surface area contributed by atoms with Crippen LogP contribution in [-0.4, -0.2) is 40.8 Å². The Morgan fingerprint density at radius 1 is 1.38 bits per heavy atom. The van der Waals surface area contributed by atoms with Crippen LogP contribution < -0.4 is 5.73 Å². The number of esters is 1. The Labute approximate surface area is 171 Å². The van der Waals surface area contributed by atoms with Gasteiger partial charge in [0.25, 0.3) is 0 Å². The van der Waals surface area contributed by atoms with Crippen molar-refractivity contribution in [3.63, 3.8) is 0 Å². The molecule has 0 aliphatic heterocycles. The first-order chi connectivity index (χ1) is 13.9. The Bertz CT molecular complexity index is 868. The fourth-order valence-electron chi connectivity index (χ4n) is 3.90. The van der Waals surface area contributed by atoms with Crippen molar-refractivity contribution < 1.29 is 19.4 Å². The van der Waals surface area contributed by atoms with Crippen LogP contribution in [0.25, 0.3) is 11.3 Å². The molecule has 1 aliphatic rings. The summed E-state index contributed by atoms with van der Waals surface area (Å²) in [5, 5.41) is 11.0. The molecule has 0 saturated heterocycles. The summed E-state index contributed by atoms with van der Waals surface area (Å²) in [6.07, 6.45) is 2.19. The molecule has 7 heteroatoms. The van der Waals surface area contributed by atoms with Crippen molar-refractivity contribution in [1.82, 2.24) is 9.97 Å². The van der Waals surface area contributed by atoms with Crippen LogP contribution in [0.1, 0.15) is 60.6 Å². The number of pyridine rings is 2. The van der Waals surface area contributed by atoms with Gasteiger partial charge in [-0.15, -0.1) is 0 Å². The van der Waals surface area contributed by atoms with Crippen LogP contribution in [0.4, 0.5) is 0 Å². The predicted molar refractivity (Wildman–Crippen MR) is 109 cm³/mol. The van der Waals surface area contributed by atoms with Crippen LogP contribution in [0.5, 0.6) is 0 Å². The molecule has 1 aliphatic carbocycles. The van der Waals surface area contributed by atoms with Gasteiger partial charge in [-0.25, -0.2) is 4.79 Å². The summed E-state index contributed by atoms with van der Waals surface area (Å²) >= 11 is 0. The van der Waals surface area contributed by atoms with Gasteiger partial charge in [0, 0.05) is 29.6 Å². The molecule has 3 rings (SSSR count). The molecule has 0 fully saturated rings. The van der Waals surface area contributed by atoms with Gasteiger partial charge in [0.1, 0.15) is 0 Å². The first-order valence-electron chi connectivity index (χ1n) is 9.98. The van der Waals surface area contributed by atoms with Crippen LogP contribution >= 0.6 is 0 Å². The van der Waals surface area contributed by atoms with E-state index in [0.29, 0.717) is 54.1 Å². The van der Waals surface area contributed by atoms with Crippen LogP contribution in [0.15, 0.2) is 24.4 Å². The second kappa shape index (κ2) is 8.98. The minimum Gasteiger partial charge on any atom is -0.462 e. The van der Waals surface area contributed by atoms with E-state index in [4.69, 9.17) is 20.2 Å². The van der Waals surface area contributed by atoms with Crippen LogP contribution in [0.2, 0.25) is 0 Å². The highest BCUT2D eigenvalue weighted by molar-refractivity contribution is 5.99. The first kappa shape index (κ1) is 21.4. The molecule has 156 valence electrons. The van der Waals surface area contributed by atoms with Crippen molar-refractivity contribution >= 4 is 5.97 Å². The van der Waals surface area contributed by atoms with E-state index in [1.807, 2.05) is 18.2 Å². The highest BCUT2D eigenvalue weighted by Gasteiger charge is 2.37. The van der Waals surface area contributed by atoms with Crippen LogP contribution in [-0.2, 0) is 22.5 Å². The van der Waals surface area contributed by atoms with Crippen LogP contribution in [0.3, 0.4) is 0 Å². The smallest absolute Gasteiger partial charge is 0.340 e. The van der Waals surface area contributed by atoms with E-state index in [9.17, 15) is 9.90 Å². The van der Waals surface area contributed by atoms with Gasteiger partial charge in [-0.2, -0.15) is 0 Å². The molecule has 0 spiro atoms. The zero-order chi connectivity index (χ0) is 21.0. The lowest BCUT2D eigenvalue weighted by molar-refractivity contribution is 0.0517. The number of nitrogens with two attached hydrogens (primary N) is 1. The van der Waals surface area contributed by atoms with Gasteiger partial charge in [0.15, 0.2) is 0 Å². The van der Waals surface area contributed by atoms with Crippen molar-refractivity contribution in [2.24, 2.45) is 11.1 Å². The van der Waals surface area contributed by atoms with Crippen molar-refractivity contribution in [3.8, 4) is 11.3 Å². The summed E-state index contributed by atoms with van der Waals surface area (Å²) in [6, 6.07) is 5.50. The third-order valence-electron chi connectivity index (χ3n) is 5.02. The zero-order valence-corrected chi connectivity index (χ0v) is 17.3. The maximum absolute atomic E-state index is 13.0. The van der Waals surface area contributed by atoms with Gasteiger partial charge in [-0.1, -0.05) is 19.9 Å². The summed E-state index contributed by atoms with van der Waals surface area (Å²) < 4.78 is 11.0. The highest BCUT2D eigenvalue weighted by atomic mass is 16.5. The lowest BCUT2D eigenvalue weighted by atomic mass is 9.72. The Hall–Kier alpha value is -2.35. The quantitative estimate of drug-likeness (QED) is 0.544. The summed E-state index contributed by atoms with van der Waals surface area (Å²) in [6.45, 7) is 7.06. The third kappa shape index (κ3) is 4.63. The van der Waals surface area contributed by atoms with Crippen LogP contribution in [0, 0.1) is 5.41 Å². The van der Waals surface area contributed by atoms with E-state index in [0.717, 1.165) is 5.69 Å². The van der Waals surface area contributed by atoms with Gasteiger partial charge in [-0.05, 0) is 37.3 Å². The highest BCUT2D eigenvalue weighted by Crippen LogP contribution is 2.45. The van der Waals surface area contributed by atoms with E-state index in [1.165, 1.54) is 0 Å². The SMILES string of the molecule is CCOC(=O)c1c(COCCN)nc2c(c1-c1ccccn1)C(O)CC(C)(C)C2. The standard InChI is InChI=1S/C22H29N3O4/c1-4-29-21(27)20-16(13-28-10-8-23)25-15-11-22(2,3)12-17(26)18(15)19(20)14-7-5-6-9-24-14/h5-7,9,17,26H,4,8,10-13,23H2,1-3H3. The van der Waals surface area contributed by atoms with Gasteiger partial charge in [0.2, 0.25) is 0 Å². The largest absolute Gasteiger partial charge is 0.462 e. The summed E-state index contributed by atoms with van der Waals surface area (Å²) in [5.74, 6) is -0.494. The maximum atomic E-state index is 13.0. The first-order valence-corrected chi connectivity index (χ1v) is 9.98. The number of fused-ring (bicyclic) bond motifs is 1. The number of carbonyl (C=O) groups is 1. The van der Waals surface area contributed by atoms with E-state index in [-0.39, 0.29) is 18.6 Å². The number of aliphatic hydroxyl groups is 1. The molecule has 2 aromatic heterocycles. The Morgan fingerprint density at radius 3 is 2.83 bits per heavy atom. The molecule has 0 bridgehead atoms. The minimum absolute atomic E-state index is 0.109. The average molecular weight is 399 g/mol. The van der Waals surface area contributed by atoms with Crippen molar-refractivity contribution in [3.05, 3.63) is 46.9 Å². The lowest BCUT2D eigenvalue weighted by Crippen LogP contribution is -2.29. The third-order valence-corrected chi connectivity index (χ3v) is 5.02. The number of ether oxygens (including phenoxy) is 2. The Balaban J connectivity index is 2.28. The number of carbonyl (C=O) groups excluding carboxylic acids is 1. The number of nitrogens with zero attached hydrogens (tertiary/aromatic N) is 2. The normalized spacial score (nSPS) is 17.6. The monoisotopic (exact) mass is 399 g/mol. The van der Waals surface area contributed by atoms with Gasteiger partial charge in [0.05, 0.1) is 42.9 Å². The molecule has 3 N–H and O–H groups in total. The second-order valence-corrected chi connectivity index (χ2v) is 8.01. The maximum Gasteiger partial charge on any atom is 0.340 e. The molecule has 2 heterocycles. The Kier molecular flexibility index (Phi) is 6.62. The molecular formula is C22H29N3O4. The van der Waals surface area contributed by atoms with Gasteiger partial charge >= 0.3 is 5.97 Å². The molecule has 0 saturated carbocycles. The summed E-state index contributed by atoms with van der Waals surface area (Å²) in [4.78, 5) is 22.2. The molecule has 29 heavy (non-hydrogen) atoms. The predicted octanol–water partition coefficient (Wildman–Crippen LogP) is 2.80. The number of aromatic nitrogens is 2. The fraction of sp³-hybridized carbons (Fsp3) is 0.500. The van der Waals surface area contributed by atoms with E-state index >= 15 is 0 Å². The topological polar surface area (TPSA) is 108 Å². The summed E-state index contributed by atoms with van der Waals surface area (Å²) in [5.41, 5.74) is 8.85. The number of hydrogen-bond acceptors (Lipinski definition) is 7. The van der Waals surface area contributed by atoms with E-state index < -0.39 is 12.1 Å². The molecule has 1 unspecified atom stereocenters. The number of rotatable bonds is 7. The van der Waals surface area contributed by atoms with Crippen molar-refractivity contribution in [1.29, 1.82) is 0 Å². The summed E-state index contributed by atoms with van der Waals surface area (Å²) in [7, 11) is 0. The molecular weight excluding hydrogens is 370 g/mol. The van der Waals surface area contributed by atoms with Gasteiger partial charge < -0.3 is 20.3 Å². The fourth-order valence-corrected chi connectivity index (χ4v) is 3.90. The molecule has 0 radical (unpaired) electrons. The lowest BCUT2D eigenvalue weighted by Gasteiger charge is -2.36. The molecule has 7 nitrogen and oxygen atoms in total. The zero-order valence-electron chi connectivity index (χ0n) is 17.3. The molecule has 1 atom stereocenters. The number of aliphatic hydroxyl groups excluding tert-OH is 1. The molecule has 0 amide bonds. The van der Waals surface area contributed by atoms with Crippen molar-refractivity contribution in [2.75, 3.05) is 19.8 Å². The molecule has 0 aromatic carbocycles. The second-order valence-electron chi connectivity index (χ2n) is 8.01. The van der Waals surface area contributed by atoms with E-state index in [1.54, 1.807) is 13.1 Å². The van der Waals surface area contributed by atoms with Gasteiger partial charge in [-0.3, -0.25) is 9.97 Å². The van der Waals surface area contributed by atoms with Crippen molar-refractivity contribution in [2.45, 2.75) is 46.3 Å².